The van der Waals surface area contributed by atoms with Crippen LogP contribution in [0.3, 0.4) is 0 Å². The van der Waals surface area contributed by atoms with Gasteiger partial charge < -0.3 is 37.6 Å². The molecule has 0 aliphatic carbocycles. The SMILES string of the molecule is CC[C@H](C)[C@H](NC(=O)[C@H](C)NC(=O)[C@@H](N)Cc1ccc(O)cc1)C(=O)N[C@@H](CC(N)=O)C(=O)O. The van der Waals surface area contributed by atoms with Gasteiger partial charge in [-0.1, -0.05) is 32.4 Å². The summed E-state index contributed by atoms with van der Waals surface area (Å²) in [5, 5.41) is 25.8. The molecule has 0 aliphatic heterocycles. The van der Waals surface area contributed by atoms with Gasteiger partial charge >= 0.3 is 5.97 Å². The predicted molar refractivity (Wildman–Crippen MR) is 122 cm³/mol. The molecule has 0 aliphatic rings. The second-order valence-corrected chi connectivity index (χ2v) is 8.15. The third-order valence-electron chi connectivity index (χ3n) is 5.29. The Kier molecular flexibility index (Phi) is 11.0. The predicted octanol–water partition coefficient (Wildman–Crippen LogP) is -1.26. The van der Waals surface area contributed by atoms with E-state index in [1.54, 1.807) is 26.0 Å². The number of carbonyl (C=O) groups is 5. The van der Waals surface area contributed by atoms with Gasteiger partial charge in [-0.2, -0.15) is 0 Å². The highest BCUT2D eigenvalue weighted by Gasteiger charge is 2.32. The van der Waals surface area contributed by atoms with E-state index in [2.05, 4.69) is 16.0 Å². The molecule has 9 N–H and O–H groups in total. The number of hydrogen-bond donors (Lipinski definition) is 7. The molecule has 0 heterocycles. The van der Waals surface area contributed by atoms with Crippen LogP contribution in [0.2, 0.25) is 0 Å². The number of amides is 4. The molecule has 34 heavy (non-hydrogen) atoms. The van der Waals surface area contributed by atoms with Crippen molar-refractivity contribution in [1.29, 1.82) is 0 Å². The smallest absolute Gasteiger partial charge is 0.326 e. The van der Waals surface area contributed by atoms with Crippen LogP contribution in [0.1, 0.15) is 39.2 Å². The van der Waals surface area contributed by atoms with Crippen molar-refractivity contribution in [3.05, 3.63) is 29.8 Å². The zero-order chi connectivity index (χ0) is 26.0. The van der Waals surface area contributed by atoms with Crippen LogP contribution < -0.4 is 27.4 Å². The van der Waals surface area contributed by atoms with E-state index in [1.165, 1.54) is 19.1 Å². The molecule has 1 aromatic rings. The molecule has 0 aromatic heterocycles. The molecule has 0 radical (unpaired) electrons. The summed E-state index contributed by atoms with van der Waals surface area (Å²) in [5.74, 6) is -4.71. The number of aliphatic carboxylic acids is 1. The minimum Gasteiger partial charge on any atom is -0.508 e. The Morgan fingerprint density at radius 2 is 1.53 bits per heavy atom. The third kappa shape index (κ3) is 9.06. The molecule has 0 unspecified atom stereocenters. The maximum absolute atomic E-state index is 12.7. The molecule has 0 bridgehead atoms. The van der Waals surface area contributed by atoms with Crippen molar-refractivity contribution in [2.24, 2.45) is 17.4 Å². The second kappa shape index (κ2) is 13.1. The van der Waals surface area contributed by atoms with Crippen molar-refractivity contribution < 1.29 is 34.2 Å². The quantitative estimate of drug-likeness (QED) is 0.181. The lowest BCUT2D eigenvalue weighted by Crippen LogP contribution is -2.58. The van der Waals surface area contributed by atoms with E-state index in [0.29, 0.717) is 6.42 Å². The van der Waals surface area contributed by atoms with E-state index in [9.17, 15) is 34.2 Å². The molecule has 188 valence electrons. The van der Waals surface area contributed by atoms with E-state index in [1.807, 2.05) is 0 Å². The molecule has 0 fully saturated rings. The van der Waals surface area contributed by atoms with Crippen molar-refractivity contribution >= 4 is 29.6 Å². The lowest BCUT2D eigenvalue weighted by Gasteiger charge is -2.27. The first-order valence-corrected chi connectivity index (χ1v) is 10.8. The summed E-state index contributed by atoms with van der Waals surface area (Å²) in [6.45, 7) is 4.88. The minimum atomic E-state index is -1.54. The normalized spacial score (nSPS) is 15.2. The largest absolute Gasteiger partial charge is 0.508 e. The van der Waals surface area contributed by atoms with E-state index < -0.39 is 60.2 Å². The van der Waals surface area contributed by atoms with Crippen LogP contribution in [0.15, 0.2) is 24.3 Å². The van der Waals surface area contributed by atoms with Crippen LogP contribution >= 0.6 is 0 Å². The number of carboxylic acid groups (broad SMARTS) is 1. The highest BCUT2D eigenvalue weighted by molar-refractivity contribution is 5.94. The van der Waals surface area contributed by atoms with Gasteiger partial charge in [0, 0.05) is 0 Å². The summed E-state index contributed by atoms with van der Waals surface area (Å²) in [6.07, 6.45) is 0.0482. The van der Waals surface area contributed by atoms with Crippen molar-refractivity contribution in [1.82, 2.24) is 16.0 Å². The first-order chi connectivity index (χ1) is 15.8. The molecule has 0 saturated heterocycles. The minimum absolute atomic E-state index is 0.0799. The average Bonchev–Trinajstić information content (AvgIpc) is 2.77. The summed E-state index contributed by atoms with van der Waals surface area (Å²) in [6, 6.07) is 1.52. The standard InChI is InChI=1S/C22H33N5O7/c1-4-11(2)18(21(32)26-16(22(33)34)10-17(24)29)27-19(30)12(3)25-20(31)15(23)9-13-5-7-14(28)8-6-13/h5-8,11-12,15-16,18,28H,4,9-10,23H2,1-3H3,(H2,24,29)(H,25,31)(H,26,32)(H,27,30)(H,33,34)/t11-,12-,15-,16-,18-/m0/s1. The summed E-state index contributed by atoms with van der Waals surface area (Å²) >= 11 is 0. The lowest BCUT2D eigenvalue weighted by molar-refractivity contribution is -0.144. The van der Waals surface area contributed by atoms with Gasteiger partial charge in [0.15, 0.2) is 0 Å². The summed E-state index contributed by atoms with van der Waals surface area (Å²) in [5.41, 5.74) is 11.7. The number of hydrogen-bond acceptors (Lipinski definition) is 7. The Morgan fingerprint density at radius 1 is 0.941 bits per heavy atom. The Morgan fingerprint density at radius 3 is 2.03 bits per heavy atom. The fourth-order valence-electron chi connectivity index (χ4n) is 3.01. The van der Waals surface area contributed by atoms with E-state index in [-0.39, 0.29) is 18.1 Å². The van der Waals surface area contributed by atoms with Crippen LogP contribution in [0.25, 0.3) is 0 Å². The Labute approximate surface area is 197 Å². The third-order valence-corrected chi connectivity index (χ3v) is 5.29. The van der Waals surface area contributed by atoms with Gasteiger partial charge in [0.25, 0.3) is 0 Å². The molecule has 12 nitrogen and oxygen atoms in total. The number of phenolic OH excluding ortho intramolecular Hbond substituents is 1. The van der Waals surface area contributed by atoms with Gasteiger partial charge in [-0.25, -0.2) is 4.79 Å². The van der Waals surface area contributed by atoms with Crippen LogP contribution in [-0.4, -0.2) is 64.0 Å². The van der Waals surface area contributed by atoms with Crippen molar-refractivity contribution in [3.63, 3.8) is 0 Å². The highest BCUT2D eigenvalue weighted by atomic mass is 16.4. The number of rotatable bonds is 13. The maximum Gasteiger partial charge on any atom is 0.326 e. The van der Waals surface area contributed by atoms with Crippen molar-refractivity contribution in [3.8, 4) is 5.75 Å². The van der Waals surface area contributed by atoms with E-state index in [0.717, 1.165) is 5.56 Å². The number of carboxylic acids is 1. The first kappa shape index (κ1) is 28.4. The van der Waals surface area contributed by atoms with Crippen LogP contribution in [0.5, 0.6) is 5.75 Å². The fourth-order valence-corrected chi connectivity index (χ4v) is 3.01. The number of nitrogens with one attached hydrogen (secondary N) is 3. The van der Waals surface area contributed by atoms with Crippen LogP contribution in [-0.2, 0) is 30.4 Å². The van der Waals surface area contributed by atoms with Crippen LogP contribution in [0.4, 0.5) is 0 Å². The maximum atomic E-state index is 12.7. The monoisotopic (exact) mass is 479 g/mol. The Balaban J connectivity index is 2.78. The molecule has 1 aromatic carbocycles. The fraction of sp³-hybridized carbons (Fsp3) is 0.500. The zero-order valence-corrected chi connectivity index (χ0v) is 19.4. The average molecular weight is 480 g/mol. The number of benzene rings is 1. The molecule has 4 amide bonds. The number of aromatic hydroxyl groups is 1. The van der Waals surface area contributed by atoms with Gasteiger partial charge in [0.2, 0.25) is 23.6 Å². The second-order valence-electron chi connectivity index (χ2n) is 8.15. The molecular weight excluding hydrogens is 446 g/mol. The van der Waals surface area contributed by atoms with E-state index in [4.69, 9.17) is 11.5 Å². The summed E-state index contributed by atoms with van der Waals surface area (Å²) < 4.78 is 0. The molecule has 0 spiro atoms. The van der Waals surface area contributed by atoms with Gasteiger partial charge in [-0.05, 0) is 37.0 Å². The Bertz CT molecular complexity index is 890. The molecular formula is C22H33N5O7. The van der Waals surface area contributed by atoms with Gasteiger partial charge in [-0.3, -0.25) is 19.2 Å². The zero-order valence-electron chi connectivity index (χ0n) is 19.4. The number of primary amides is 1. The van der Waals surface area contributed by atoms with E-state index >= 15 is 0 Å². The van der Waals surface area contributed by atoms with Gasteiger partial charge in [0.1, 0.15) is 23.9 Å². The molecule has 5 atom stereocenters. The number of nitrogens with two attached hydrogens (primary N) is 2. The molecule has 0 saturated carbocycles. The molecule has 12 heteroatoms. The molecule has 1 rings (SSSR count). The van der Waals surface area contributed by atoms with Crippen LogP contribution in [0, 0.1) is 5.92 Å². The summed E-state index contributed by atoms with van der Waals surface area (Å²) in [4.78, 5) is 60.2. The summed E-state index contributed by atoms with van der Waals surface area (Å²) in [7, 11) is 0. The number of phenols is 1. The highest BCUT2D eigenvalue weighted by Crippen LogP contribution is 2.11. The first-order valence-electron chi connectivity index (χ1n) is 10.8. The lowest BCUT2D eigenvalue weighted by atomic mass is 9.97. The van der Waals surface area contributed by atoms with Gasteiger partial charge in [-0.15, -0.1) is 0 Å². The topological polar surface area (TPSA) is 214 Å². The van der Waals surface area contributed by atoms with Crippen molar-refractivity contribution in [2.45, 2.75) is 64.2 Å². The number of carbonyl (C=O) groups excluding carboxylic acids is 4. The Hall–Kier alpha value is -3.67. The van der Waals surface area contributed by atoms with Crippen molar-refractivity contribution in [2.75, 3.05) is 0 Å². The van der Waals surface area contributed by atoms with Gasteiger partial charge in [0.05, 0.1) is 12.5 Å².